The lowest BCUT2D eigenvalue weighted by Gasteiger charge is -2.25. The van der Waals surface area contributed by atoms with Crippen LogP contribution in [-0.2, 0) is 11.2 Å². The Labute approximate surface area is 225 Å². The molecule has 1 aliphatic heterocycles. The highest BCUT2D eigenvalue weighted by molar-refractivity contribution is 6.31. The second kappa shape index (κ2) is 13.1. The van der Waals surface area contributed by atoms with Crippen LogP contribution in [0.3, 0.4) is 0 Å². The molecule has 3 aromatic carbocycles. The highest BCUT2D eigenvalue weighted by Gasteiger charge is 2.23. The van der Waals surface area contributed by atoms with Gasteiger partial charge in [0.1, 0.15) is 18.2 Å². The van der Waals surface area contributed by atoms with Gasteiger partial charge in [0.2, 0.25) is 5.91 Å². The highest BCUT2D eigenvalue weighted by atomic mass is 35.5. The van der Waals surface area contributed by atoms with Gasteiger partial charge < -0.3 is 20.3 Å². The summed E-state index contributed by atoms with van der Waals surface area (Å²) in [7, 11) is 0. The molecule has 0 radical (unpaired) electrons. The van der Waals surface area contributed by atoms with Crippen molar-refractivity contribution in [3.8, 4) is 5.75 Å². The van der Waals surface area contributed by atoms with Crippen molar-refractivity contribution in [2.45, 2.75) is 25.3 Å². The van der Waals surface area contributed by atoms with Crippen LogP contribution in [0.1, 0.15) is 39.1 Å². The maximum Gasteiger partial charge on any atom is 0.255 e. The number of amides is 3. The molecule has 9 heteroatoms. The molecule has 0 aliphatic carbocycles. The summed E-state index contributed by atoms with van der Waals surface area (Å²) in [5.41, 5.74) is 1.60. The maximum absolute atomic E-state index is 13.4. The van der Waals surface area contributed by atoms with Crippen LogP contribution in [0, 0.1) is 5.82 Å². The molecule has 1 atom stereocenters. The Bertz CT molecular complexity index is 1270. The summed E-state index contributed by atoms with van der Waals surface area (Å²) in [6.45, 7) is 0.586. The number of nitrogens with one attached hydrogen (secondary N) is 2. The summed E-state index contributed by atoms with van der Waals surface area (Å²) < 4.78 is 19.4. The smallest absolute Gasteiger partial charge is 0.255 e. The summed E-state index contributed by atoms with van der Waals surface area (Å²) in [5, 5.41) is 6.27. The van der Waals surface area contributed by atoms with Crippen LogP contribution < -0.4 is 15.4 Å². The van der Waals surface area contributed by atoms with E-state index in [2.05, 4.69) is 10.6 Å². The minimum absolute atomic E-state index is 0.0917. The Kier molecular flexibility index (Phi) is 9.32. The molecule has 4 rings (SSSR count). The van der Waals surface area contributed by atoms with Gasteiger partial charge in [0.15, 0.2) is 0 Å². The van der Waals surface area contributed by atoms with Crippen molar-refractivity contribution in [3.63, 3.8) is 0 Å². The minimum atomic E-state index is -0.446. The first-order valence-corrected chi connectivity index (χ1v) is 12.9. The minimum Gasteiger partial charge on any atom is -0.491 e. The van der Waals surface area contributed by atoms with Gasteiger partial charge >= 0.3 is 0 Å². The van der Waals surface area contributed by atoms with Gasteiger partial charge in [-0.15, -0.1) is 0 Å². The number of carbonyl (C=O) groups excluding carboxylic acids is 3. The van der Waals surface area contributed by atoms with E-state index in [1.165, 1.54) is 29.2 Å². The van der Waals surface area contributed by atoms with Crippen molar-refractivity contribution in [2.24, 2.45) is 0 Å². The summed E-state index contributed by atoms with van der Waals surface area (Å²) >= 11 is 6.15. The summed E-state index contributed by atoms with van der Waals surface area (Å²) in [5.74, 6) is -1.11. The van der Waals surface area contributed by atoms with Crippen molar-refractivity contribution >= 4 is 29.3 Å². The third-order valence-corrected chi connectivity index (χ3v) is 6.40. The van der Waals surface area contributed by atoms with Gasteiger partial charge in [0, 0.05) is 23.7 Å². The van der Waals surface area contributed by atoms with E-state index >= 15 is 0 Å². The molecule has 38 heavy (non-hydrogen) atoms. The van der Waals surface area contributed by atoms with Crippen molar-refractivity contribution in [2.75, 3.05) is 26.2 Å². The fourth-order valence-electron chi connectivity index (χ4n) is 4.25. The number of fused-ring (bicyclic) bond motifs is 1. The first-order chi connectivity index (χ1) is 18.4. The molecule has 0 unspecified atom stereocenters. The van der Waals surface area contributed by atoms with Gasteiger partial charge in [-0.1, -0.05) is 41.9 Å². The number of halogens is 2. The number of hydrogen-bond donors (Lipinski definition) is 2. The molecule has 3 amide bonds. The molecule has 198 valence electrons. The number of ether oxygens (including phenoxy) is 1. The van der Waals surface area contributed by atoms with E-state index in [0.717, 1.165) is 5.56 Å². The van der Waals surface area contributed by atoms with Crippen LogP contribution in [0.25, 0.3) is 0 Å². The van der Waals surface area contributed by atoms with E-state index in [9.17, 15) is 18.8 Å². The number of nitrogens with zero attached hydrogens (tertiary/aromatic N) is 1. The van der Waals surface area contributed by atoms with Gasteiger partial charge in [0.05, 0.1) is 18.2 Å². The van der Waals surface area contributed by atoms with Crippen molar-refractivity contribution in [1.82, 2.24) is 15.5 Å². The largest absolute Gasteiger partial charge is 0.491 e. The zero-order valence-corrected chi connectivity index (χ0v) is 21.5. The molecule has 7 nitrogen and oxygen atoms in total. The summed E-state index contributed by atoms with van der Waals surface area (Å²) in [6.07, 6.45) is 1.61. The fraction of sp³-hybridized carbons (Fsp3) is 0.276. The molecule has 0 fully saturated rings. The second-order valence-electron chi connectivity index (χ2n) is 9.10. The maximum atomic E-state index is 13.4. The SMILES string of the molecule is O=C1CN(C(=O)c2ccc(F)cc2)CCCCNC(=O)c2cc(Cl)ccc2OC[C@@H](Cc2ccccc2)N1. The van der Waals surface area contributed by atoms with Gasteiger partial charge in [-0.05, 0) is 67.3 Å². The van der Waals surface area contributed by atoms with E-state index in [4.69, 9.17) is 16.3 Å². The van der Waals surface area contributed by atoms with E-state index < -0.39 is 11.9 Å². The molecule has 1 aliphatic rings. The van der Waals surface area contributed by atoms with Crippen LogP contribution in [0.4, 0.5) is 4.39 Å². The van der Waals surface area contributed by atoms with E-state index in [0.29, 0.717) is 54.3 Å². The van der Waals surface area contributed by atoms with Gasteiger partial charge in [-0.3, -0.25) is 14.4 Å². The lowest BCUT2D eigenvalue weighted by atomic mass is 10.1. The average molecular weight is 538 g/mol. The Morgan fingerprint density at radius 3 is 2.55 bits per heavy atom. The molecule has 0 saturated heterocycles. The van der Waals surface area contributed by atoms with Crippen LogP contribution in [0.15, 0.2) is 72.8 Å². The van der Waals surface area contributed by atoms with Gasteiger partial charge in [-0.25, -0.2) is 4.39 Å². The molecule has 0 aromatic heterocycles. The molecule has 0 bridgehead atoms. The normalized spacial score (nSPS) is 17.2. The van der Waals surface area contributed by atoms with Crippen molar-refractivity contribution in [1.29, 1.82) is 0 Å². The molecule has 2 N–H and O–H groups in total. The van der Waals surface area contributed by atoms with Crippen molar-refractivity contribution < 1.29 is 23.5 Å². The lowest BCUT2D eigenvalue weighted by Crippen LogP contribution is -2.47. The van der Waals surface area contributed by atoms with Crippen LogP contribution in [0.5, 0.6) is 5.75 Å². The number of carbonyl (C=O) groups is 3. The highest BCUT2D eigenvalue weighted by Crippen LogP contribution is 2.23. The van der Waals surface area contributed by atoms with Crippen LogP contribution >= 0.6 is 11.6 Å². The Morgan fingerprint density at radius 2 is 1.79 bits per heavy atom. The van der Waals surface area contributed by atoms with E-state index in [1.807, 2.05) is 30.3 Å². The van der Waals surface area contributed by atoms with E-state index in [-0.39, 0.29) is 30.9 Å². The molecular weight excluding hydrogens is 509 g/mol. The molecule has 3 aromatic rings. The Balaban J connectivity index is 1.58. The number of hydrogen-bond acceptors (Lipinski definition) is 4. The topological polar surface area (TPSA) is 87.7 Å². The summed E-state index contributed by atoms with van der Waals surface area (Å²) in [4.78, 5) is 40.7. The molecule has 0 spiro atoms. The third-order valence-electron chi connectivity index (χ3n) is 6.17. The number of benzene rings is 3. The molecular formula is C29H29ClFN3O4. The first-order valence-electron chi connectivity index (χ1n) is 12.5. The van der Waals surface area contributed by atoms with Crippen LogP contribution in [-0.4, -0.2) is 54.9 Å². The standard InChI is InChI=1S/C29H29ClFN3O4/c30-22-10-13-26-25(17-22)28(36)32-14-4-5-15-34(29(37)21-8-11-23(31)12-9-21)18-27(35)33-24(19-38-26)16-20-6-2-1-3-7-20/h1-3,6-13,17,24H,4-5,14-16,18-19H2,(H,32,36)(H,33,35)/t24-/m1/s1. The first kappa shape index (κ1) is 27.1. The van der Waals surface area contributed by atoms with Crippen molar-refractivity contribution in [3.05, 3.63) is 100 Å². The summed E-state index contributed by atoms with van der Waals surface area (Å²) in [6, 6.07) is 19.3. The third kappa shape index (κ3) is 7.55. The molecule has 0 saturated carbocycles. The average Bonchev–Trinajstić information content (AvgIpc) is 2.91. The molecule has 1 heterocycles. The predicted octanol–water partition coefficient (Wildman–Crippen LogP) is 4.25. The predicted molar refractivity (Wildman–Crippen MR) is 143 cm³/mol. The zero-order valence-electron chi connectivity index (χ0n) is 20.8. The number of rotatable bonds is 3. The van der Waals surface area contributed by atoms with E-state index in [1.54, 1.807) is 18.2 Å². The monoisotopic (exact) mass is 537 g/mol. The fourth-order valence-corrected chi connectivity index (χ4v) is 4.42. The van der Waals surface area contributed by atoms with Crippen LogP contribution in [0.2, 0.25) is 5.02 Å². The lowest BCUT2D eigenvalue weighted by molar-refractivity contribution is -0.122. The second-order valence-corrected chi connectivity index (χ2v) is 9.54. The quantitative estimate of drug-likeness (QED) is 0.523. The zero-order chi connectivity index (χ0) is 26.9. The Morgan fingerprint density at radius 1 is 1.03 bits per heavy atom. The Hall–Kier alpha value is -3.91. The van der Waals surface area contributed by atoms with Gasteiger partial charge in [-0.2, -0.15) is 0 Å². The van der Waals surface area contributed by atoms with Gasteiger partial charge in [0.25, 0.3) is 11.8 Å².